The van der Waals surface area contributed by atoms with Gasteiger partial charge in [0.15, 0.2) is 9.84 Å². The molecule has 6 heteroatoms. The molecular weight excluding hydrogens is 296 g/mol. The van der Waals surface area contributed by atoms with Gasteiger partial charge in [-0.25, -0.2) is 8.42 Å². The standard InChI is InChI=1S/C10H11BrO4S/c11-9-3-1-8(2-4-9)5-6-16(14,15)7-10(12)13/h1-4H,5-7H2,(H,12,13). The van der Waals surface area contributed by atoms with Crippen molar-refractivity contribution in [3.8, 4) is 0 Å². The van der Waals surface area contributed by atoms with Crippen LogP contribution >= 0.6 is 15.9 Å². The van der Waals surface area contributed by atoms with E-state index < -0.39 is 21.6 Å². The van der Waals surface area contributed by atoms with E-state index >= 15 is 0 Å². The van der Waals surface area contributed by atoms with Gasteiger partial charge in [-0.05, 0) is 24.1 Å². The zero-order valence-electron chi connectivity index (χ0n) is 8.39. The lowest BCUT2D eigenvalue weighted by molar-refractivity contribution is -0.134. The molecule has 1 N–H and O–H groups in total. The maximum Gasteiger partial charge on any atom is 0.318 e. The van der Waals surface area contributed by atoms with Gasteiger partial charge < -0.3 is 5.11 Å². The second-order valence-corrected chi connectivity index (χ2v) is 6.46. The number of sulfone groups is 1. The third-order valence-corrected chi connectivity index (χ3v) is 4.00. The summed E-state index contributed by atoms with van der Waals surface area (Å²) < 4.78 is 23.5. The number of carbonyl (C=O) groups is 1. The van der Waals surface area contributed by atoms with Gasteiger partial charge in [-0.1, -0.05) is 28.1 Å². The van der Waals surface area contributed by atoms with E-state index in [1.54, 1.807) is 12.1 Å². The van der Waals surface area contributed by atoms with Crippen LogP contribution in [0.4, 0.5) is 0 Å². The van der Waals surface area contributed by atoms with Crippen LogP contribution < -0.4 is 0 Å². The Bertz CT molecular complexity index is 464. The maximum absolute atomic E-state index is 11.3. The third kappa shape index (κ3) is 4.76. The van der Waals surface area contributed by atoms with Crippen LogP contribution in [0.2, 0.25) is 0 Å². The third-order valence-electron chi connectivity index (χ3n) is 1.96. The first-order chi connectivity index (χ1) is 7.39. The average Bonchev–Trinajstić information content (AvgIpc) is 2.15. The Labute approximate surface area is 102 Å². The Balaban J connectivity index is 2.58. The quantitative estimate of drug-likeness (QED) is 0.894. The first-order valence-corrected chi connectivity index (χ1v) is 7.17. The smallest absolute Gasteiger partial charge is 0.318 e. The second-order valence-electron chi connectivity index (χ2n) is 3.36. The summed E-state index contributed by atoms with van der Waals surface area (Å²) in [4.78, 5) is 10.3. The van der Waals surface area contributed by atoms with Gasteiger partial charge in [0.2, 0.25) is 0 Å². The van der Waals surface area contributed by atoms with E-state index in [4.69, 9.17) is 5.11 Å². The minimum atomic E-state index is -3.50. The SMILES string of the molecule is O=C(O)CS(=O)(=O)CCc1ccc(Br)cc1. The van der Waals surface area contributed by atoms with Crippen molar-refractivity contribution in [2.24, 2.45) is 0 Å². The number of rotatable bonds is 5. The van der Waals surface area contributed by atoms with Gasteiger partial charge in [0, 0.05) is 4.47 Å². The molecule has 0 heterocycles. The molecule has 0 aromatic heterocycles. The molecule has 1 aromatic rings. The van der Waals surface area contributed by atoms with Gasteiger partial charge in [-0.2, -0.15) is 0 Å². The van der Waals surface area contributed by atoms with Crippen molar-refractivity contribution < 1.29 is 18.3 Å². The lowest BCUT2D eigenvalue weighted by Gasteiger charge is -2.02. The van der Waals surface area contributed by atoms with Crippen molar-refractivity contribution >= 4 is 31.7 Å². The van der Waals surface area contributed by atoms with Gasteiger partial charge in [-0.3, -0.25) is 4.79 Å². The number of aliphatic carboxylic acids is 1. The number of carboxylic acids is 1. The fraction of sp³-hybridized carbons (Fsp3) is 0.300. The molecule has 0 spiro atoms. The molecule has 0 aliphatic heterocycles. The molecule has 16 heavy (non-hydrogen) atoms. The molecular formula is C10H11BrO4S. The summed E-state index contributed by atoms with van der Waals surface area (Å²) in [7, 11) is -3.50. The average molecular weight is 307 g/mol. The Morgan fingerprint density at radius 1 is 1.25 bits per heavy atom. The lowest BCUT2D eigenvalue weighted by atomic mass is 10.2. The number of benzene rings is 1. The Morgan fingerprint density at radius 2 is 1.81 bits per heavy atom. The molecule has 0 amide bonds. The Kier molecular flexibility index (Phi) is 4.49. The summed E-state index contributed by atoms with van der Waals surface area (Å²) in [6, 6.07) is 7.25. The van der Waals surface area contributed by atoms with E-state index in [0.717, 1.165) is 10.0 Å². The molecule has 0 unspecified atom stereocenters. The molecule has 1 rings (SSSR count). The number of hydrogen-bond donors (Lipinski definition) is 1. The van der Waals surface area contributed by atoms with E-state index in [9.17, 15) is 13.2 Å². The van der Waals surface area contributed by atoms with E-state index in [0.29, 0.717) is 6.42 Å². The predicted octanol–water partition coefficient (Wildman–Crippen LogP) is 1.49. The molecule has 0 fully saturated rings. The normalized spacial score (nSPS) is 11.3. The molecule has 0 aliphatic carbocycles. The van der Waals surface area contributed by atoms with Crippen LogP contribution in [0.1, 0.15) is 5.56 Å². The predicted molar refractivity (Wildman–Crippen MR) is 64.1 cm³/mol. The van der Waals surface area contributed by atoms with Gasteiger partial charge in [0.05, 0.1) is 5.75 Å². The highest BCUT2D eigenvalue weighted by Crippen LogP contribution is 2.11. The number of aryl methyl sites for hydroxylation is 1. The minimum absolute atomic E-state index is 0.138. The zero-order valence-corrected chi connectivity index (χ0v) is 10.8. The van der Waals surface area contributed by atoms with Gasteiger partial charge in [0.25, 0.3) is 0 Å². The summed E-state index contributed by atoms with van der Waals surface area (Å²) in [6.45, 7) is 0. The van der Waals surface area contributed by atoms with Gasteiger partial charge in [-0.15, -0.1) is 0 Å². The highest BCUT2D eigenvalue weighted by molar-refractivity contribution is 9.10. The topological polar surface area (TPSA) is 71.4 Å². The van der Waals surface area contributed by atoms with Crippen molar-refractivity contribution in [1.82, 2.24) is 0 Å². The lowest BCUT2D eigenvalue weighted by Crippen LogP contribution is -2.19. The van der Waals surface area contributed by atoms with Crippen LogP contribution in [0.5, 0.6) is 0 Å². The number of carboxylic acid groups (broad SMARTS) is 1. The van der Waals surface area contributed by atoms with Crippen molar-refractivity contribution in [2.75, 3.05) is 11.5 Å². The molecule has 0 aliphatic rings. The summed E-state index contributed by atoms with van der Waals surface area (Å²) in [5.74, 6) is -2.25. The summed E-state index contributed by atoms with van der Waals surface area (Å²) in [5, 5.41) is 8.40. The van der Waals surface area contributed by atoms with Gasteiger partial charge >= 0.3 is 5.97 Å². The molecule has 0 saturated heterocycles. The molecule has 0 radical (unpaired) electrons. The molecule has 4 nitrogen and oxygen atoms in total. The first-order valence-electron chi connectivity index (χ1n) is 4.56. The van der Waals surface area contributed by atoms with Crippen molar-refractivity contribution in [3.05, 3.63) is 34.3 Å². The molecule has 1 aromatic carbocycles. The highest BCUT2D eigenvalue weighted by Gasteiger charge is 2.15. The molecule has 0 saturated carbocycles. The fourth-order valence-corrected chi connectivity index (χ4v) is 2.52. The van der Waals surface area contributed by atoms with Crippen LogP contribution in [0.3, 0.4) is 0 Å². The van der Waals surface area contributed by atoms with E-state index in [1.807, 2.05) is 12.1 Å². The monoisotopic (exact) mass is 306 g/mol. The van der Waals surface area contributed by atoms with Crippen LogP contribution in [0.25, 0.3) is 0 Å². The number of hydrogen-bond acceptors (Lipinski definition) is 3. The van der Waals surface area contributed by atoms with E-state index in [1.165, 1.54) is 0 Å². The van der Waals surface area contributed by atoms with Crippen LogP contribution in [-0.4, -0.2) is 31.0 Å². The Morgan fingerprint density at radius 3 is 2.31 bits per heavy atom. The number of halogens is 1. The van der Waals surface area contributed by atoms with E-state index in [2.05, 4.69) is 15.9 Å². The van der Waals surface area contributed by atoms with Crippen LogP contribution in [-0.2, 0) is 21.1 Å². The van der Waals surface area contributed by atoms with Gasteiger partial charge in [0.1, 0.15) is 5.75 Å². The molecule has 0 atom stereocenters. The minimum Gasteiger partial charge on any atom is -0.480 e. The van der Waals surface area contributed by atoms with E-state index in [-0.39, 0.29) is 5.75 Å². The van der Waals surface area contributed by atoms with Crippen molar-refractivity contribution in [1.29, 1.82) is 0 Å². The zero-order chi connectivity index (χ0) is 12.2. The van der Waals surface area contributed by atoms with Crippen LogP contribution in [0.15, 0.2) is 28.7 Å². The van der Waals surface area contributed by atoms with Crippen molar-refractivity contribution in [3.63, 3.8) is 0 Å². The first kappa shape index (κ1) is 13.2. The Hall–Kier alpha value is -0.880. The molecule has 88 valence electrons. The fourth-order valence-electron chi connectivity index (χ4n) is 1.18. The molecule has 0 bridgehead atoms. The van der Waals surface area contributed by atoms with Crippen molar-refractivity contribution in [2.45, 2.75) is 6.42 Å². The largest absolute Gasteiger partial charge is 0.480 e. The summed E-state index contributed by atoms with van der Waals surface area (Å²) in [6.07, 6.45) is 0.336. The maximum atomic E-state index is 11.3. The second kappa shape index (κ2) is 5.45. The highest BCUT2D eigenvalue weighted by atomic mass is 79.9. The van der Waals surface area contributed by atoms with Crippen LogP contribution in [0, 0.1) is 0 Å². The summed E-state index contributed by atoms with van der Waals surface area (Å²) >= 11 is 3.27. The summed E-state index contributed by atoms with van der Waals surface area (Å²) in [5.41, 5.74) is 0.872.